The number of halogens is 4. The van der Waals surface area contributed by atoms with Crippen LogP contribution in [0.1, 0.15) is 24.8 Å². The molecule has 6 heteroatoms. The maximum Gasteiger partial charge on any atom is 0.314 e. The van der Waals surface area contributed by atoms with Crippen molar-refractivity contribution in [1.29, 1.82) is 0 Å². The lowest BCUT2D eigenvalue weighted by Gasteiger charge is -2.38. The summed E-state index contributed by atoms with van der Waals surface area (Å²) in [6.07, 6.45) is 0.390. The van der Waals surface area contributed by atoms with E-state index in [4.69, 9.17) is 5.11 Å². The van der Waals surface area contributed by atoms with Gasteiger partial charge in [-0.15, -0.1) is 0 Å². The van der Waals surface area contributed by atoms with Gasteiger partial charge in [0.2, 0.25) is 0 Å². The minimum Gasteiger partial charge on any atom is -0.481 e. The van der Waals surface area contributed by atoms with E-state index in [-0.39, 0.29) is 18.9 Å². The summed E-state index contributed by atoms with van der Waals surface area (Å²) in [5.41, 5.74) is -2.84. The van der Waals surface area contributed by atoms with Gasteiger partial charge in [0.15, 0.2) is 23.3 Å². The van der Waals surface area contributed by atoms with Gasteiger partial charge in [0.05, 0.1) is 5.41 Å². The molecule has 0 aromatic heterocycles. The third-order valence-corrected chi connectivity index (χ3v) is 3.21. The Morgan fingerprint density at radius 2 is 1.59 bits per heavy atom. The van der Waals surface area contributed by atoms with E-state index in [1.807, 2.05) is 0 Å². The number of carboxylic acid groups (broad SMARTS) is 1. The molecule has 1 aromatic rings. The number of hydrogen-bond donors (Lipinski definition) is 1. The molecule has 2 rings (SSSR count). The van der Waals surface area contributed by atoms with Gasteiger partial charge in [-0.05, 0) is 12.8 Å². The van der Waals surface area contributed by atoms with E-state index in [1.165, 1.54) is 0 Å². The number of hydrogen-bond acceptors (Lipinski definition) is 1. The van der Waals surface area contributed by atoms with Crippen LogP contribution < -0.4 is 0 Å². The van der Waals surface area contributed by atoms with Crippen LogP contribution in [0.5, 0.6) is 0 Å². The molecule has 1 aliphatic rings. The number of rotatable bonds is 2. The Bertz CT molecular complexity index is 468. The van der Waals surface area contributed by atoms with Crippen molar-refractivity contribution in [3.63, 3.8) is 0 Å². The molecule has 17 heavy (non-hydrogen) atoms. The number of benzene rings is 1. The van der Waals surface area contributed by atoms with E-state index in [2.05, 4.69) is 0 Å². The van der Waals surface area contributed by atoms with E-state index in [0.29, 0.717) is 6.42 Å². The van der Waals surface area contributed by atoms with Crippen molar-refractivity contribution >= 4 is 5.97 Å². The first-order chi connectivity index (χ1) is 7.90. The number of carbonyl (C=O) groups is 1. The number of carboxylic acids is 1. The highest BCUT2D eigenvalue weighted by molar-refractivity contribution is 5.82. The van der Waals surface area contributed by atoms with Crippen molar-refractivity contribution in [1.82, 2.24) is 0 Å². The maximum atomic E-state index is 13.5. The van der Waals surface area contributed by atoms with Gasteiger partial charge >= 0.3 is 5.97 Å². The summed E-state index contributed by atoms with van der Waals surface area (Å²) >= 11 is 0. The van der Waals surface area contributed by atoms with Gasteiger partial charge in [0, 0.05) is 11.6 Å². The van der Waals surface area contributed by atoms with Gasteiger partial charge in [-0.25, -0.2) is 17.6 Å². The second-order valence-corrected chi connectivity index (χ2v) is 4.08. The first kappa shape index (κ1) is 11.9. The SMILES string of the molecule is O=C(O)C1(c2c(F)c(F)cc(F)c2F)CCC1. The predicted octanol–water partition coefficient (Wildman–Crippen LogP) is 2.75. The fourth-order valence-corrected chi connectivity index (χ4v) is 2.09. The predicted molar refractivity (Wildman–Crippen MR) is 49.4 cm³/mol. The van der Waals surface area contributed by atoms with Crippen LogP contribution in [0.25, 0.3) is 0 Å². The normalized spacial score (nSPS) is 17.6. The molecule has 0 heterocycles. The molecule has 1 saturated carbocycles. The van der Waals surface area contributed by atoms with Crippen molar-refractivity contribution < 1.29 is 27.5 Å². The average Bonchev–Trinajstić information content (AvgIpc) is 2.18. The van der Waals surface area contributed by atoms with Crippen LogP contribution in [-0.2, 0) is 10.2 Å². The zero-order valence-corrected chi connectivity index (χ0v) is 8.57. The van der Waals surface area contributed by atoms with Crippen LogP contribution in [0.4, 0.5) is 17.6 Å². The Morgan fingerprint density at radius 1 is 1.12 bits per heavy atom. The molecule has 0 spiro atoms. The monoisotopic (exact) mass is 248 g/mol. The maximum absolute atomic E-state index is 13.5. The summed E-state index contributed by atoms with van der Waals surface area (Å²) in [6.45, 7) is 0. The van der Waals surface area contributed by atoms with Gasteiger partial charge in [-0.1, -0.05) is 6.42 Å². The zero-order valence-electron chi connectivity index (χ0n) is 8.57. The van der Waals surface area contributed by atoms with Crippen LogP contribution in [0, 0.1) is 23.3 Å². The molecular weight excluding hydrogens is 240 g/mol. The summed E-state index contributed by atoms with van der Waals surface area (Å²) in [6, 6.07) is 0.0718. The lowest BCUT2D eigenvalue weighted by atomic mass is 9.64. The van der Waals surface area contributed by atoms with Crippen LogP contribution in [0.15, 0.2) is 6.07 Å². The van der Waals surface area contributed by atoms with Gasteiger partial charge in [0.25, 0.3) is 0 Å². The van der Waals surface area contributed by atoms with Crippen LogP contribution in [-0.4, -0.2) is 11.1 Å². The van der Waals surface area contributed by atoms with Crippen LogP contribution >= 0.6 is 0 Å². The summed E-state index contributed by atoms with van der Waals surface area (Å²) < 4.78 is 52.9. The fraction of sp³-hybridized carbons (Fsp3) is 0.364. The smallest absolute Gasteiger partial charge is 0.314 e. The second-order valence-electron chi connectivity index (χ2n) is 4.08. The Labute approximate surface area is 93.9 Å². The van der Waals surface area contributed by atoms with Gasteiger partial charge < -0.3 is 5.11 Å². The molecule has 2 nitrogen and oxygen atoms in total. The van der Waals surface area contributed by atoms with Gasteiger partial charge in [-0.3, -0.25) is 4.79 Å². The Kier molecular flexibility index (Phi) is 2.60. The first-order valence-electron chi connectivity index (χ1n) is 4.97. The van der Waals surface area contributed by atoms with E-state index >= 15 is 0 Å². The quantitative estimate of drug-likeness (QED) is 0.645. The van der Waals surface area contributed by atoms with Crippen molar-refractivity contribution in [2.75, 3.05) is 0 Å². The van der Waals surface area contributed by atoms with E-state index in [0.717, 1.165) is 0 Å². The molecule has 1 N–H and O–H groups in total. The van der Waals surface area contributed by atoms with E-state index in [1.54, 1.807) is 0 Å². The second kappa shape index (κ2) is 3.72. The lowest BCUT2D eigenvalue weighted by molar-refractivity contribution is -0.147. The molecule has 1 fully saturated rings. The topological polar surface area (TPSA) is 37.3 Å². The zero-order chi connectivity index (χ0) is 12.8. The molecule has 0 unspecified atom stereocenters. The summed E-state index contributed by atoms with van der Waals surface area (Å²) in [4.78, 5) is 11.1. The minimum atomic E-state index is -1.84. The van der Waals surface area contributed by atoms with Crippen LogP contribution in [0.2, 0.25) is 0 Å². The molecular formula is C11H8F4O2. The highest BCUT2D eigenvalue weighted by Gasteiger charge is 2.50. The van der Waals surface area contributed by atoms with Crippen molar-refractivity contribution in [2.24, 2.45) is 0 Å². The highest BCUT2D eigenvalue weighted by atomic mass is 19.2. The summed E-state index contributed by atoms with van der Waals surface area (Å²) in [5.74, 6) is -7.86. The lowest BCUT2D eigenvalue weighted by Crippen LogP contribution is -2.44. The number of aliphatic carboxylic acids is 1. The summed E-state index contributed by atoms with van der Waals surface area (Å²) in [5, 5.41) is 8.99. The van der Waals surface area contributed by atoms with Crippen molar-refractivity contribution in [2.45, 2.75) is 24.7 Å². The Morgan fingerprint density at radius 3 is 1.88 bits per heavy atom. The highest BCUT2D eigenvalue weighted by Crippen LogP contribution is 2.46. The molecule has 0 atom stereocenters. The van der Waals surface area contributed by atoms with E-state index in [9.17, 15) is 22.4 Å². The Balaban J connectivity index is 2.70. The molecule has 0 bridgehead atoms. The minimum absolute atomic E-state index is 0.0287. The third kappa shape index (κ3) is 1.50. The molecule has 0 aliphatic heterocycles. The fourth-order valence-electron chi connectivity index (χ4n) is 2.09. The average molecular weight is 248 g/mol. The molecule has 1 aromatic carbocycles. The molecule has 1 aliphatic carbocycles. The van der Waals surface area contributed by atoms with Gasteiger partial charge in [-0.2, -0.15) is 0 Å². The third-order valence-electron chi connectivity index (χ3n) is 3.21. The van der Waals surface area contributed by atoms with Crippen LogP contribution in [0.3, 0.4) is 0 Å². The first-order valence-corrected chi connectivity index (χ1v) is 4.97. The van der Waals surface area contributed by atoms with E-state index < -0.39 is 40.2 Å². The molecule has 92 valence electrons. The molecule has 0 amide bonds. The molecule has 0 saturated heterocycles. The summed E-state index contributed by atoms with van der Waals surface area (Å²) in [7, 11) is 0. The standard InChI is InChI=1S/C11H8F4O2/c12-5-4-6(13)9(15)7(8(5)14)11(10(16)17)2-1-3-11/h4H,1-3H2,(H,16,17). The Hall–Kier alpha value is -1.59. The van der Waals surface area contributed by atoms with Crippen molar-refractivity contribution in [3.05, 3.63) is 34.9 Å². The molecule has 0 radical (unpaired) electrons. The largest absolute Gasteiger partial charge is 0.481 e. The van der Waals surface area contributed by atoms with Gasteiger partial charge in [0.1, 0.15) is 0 Å². The van der Waals surface area contributed by atoms with Crippen molar-refractivity contribution in [3.8, 4) is 0 Å².